The second kappa shape index (κ2) is 4.65. The number of nitrogen functional groups attached to an aromatic ring is 1. The van der Waals surface area contributed by atoms with Gasteiger partial charge in [0.2, 0.25) is 6.79 Å². The van der Waals surface area contributed by atoms with Crippen LogP contribution in [-0.2, 0) is 0 Å². The number of nitrogens with one attached hydrogen (secondary N) is 1. The fraction of sp³-hybridized carbons (Fsp3) is 0.0714. The first-order chi connectivity index (χ1) is 9.63. The number of carboxylic acid groups (broad SMARTS) is 1. The molecule has 0 fully saturated rings. The minimum absolute atomic E-state index is 0.150. The van der Waals surface area contributed by atoms with E-state index in [9.17, 15) is 4.79 Å². The van der Waals surface area contributed by atoms with Gasteiger partial charge in [0.15, 0.2) is 11.5 Å². The number of hydrogen-bond acceptors (Lipinski definition) is 5. The van der Waals surface area contributed by atoms with E-state index in [0.717, 1.165) is 0 Å². The van der Waals surface area contributed by atoms with E-state index in [-0.39, 0.29) is 12.4 Å². The van der Waals surface area contributed by atoms with E-state index in [2.05, 4.69) is 5.32 Å². The van der Waals surface area contributed by atoms with Crippen LogP contribution in [0.15, 0.2) is 36.4 Å². The van der Waals surface area contributed by atoms with Gasteiger partial charge in [-0.15, -0.1) is 0 Å². The lowest BCUT2D eigenvalue weighted by Crippen LogP contribution is -2.03. The van der Waals surface area contributed by atoms with Gasteiger partial charge in [0, 0.05) is 17.4 Å². The smallest absolute Gasteiger partial charge is 0.337 e. The van der Waals surface area contributed by atoms with Crippen LogP contribution in [0.3, 0.4) is 0 Å². The summed E-state index contributed by atoms with van der Waals surface area (Å²) >= 11 is 0. The molecule has 2 aromatic carbocycles. The highest BCUT2D eigenvalue weighted by Crippen LogP contribution is 2.35. The van der Waals surface area contributed by atoms with Gasteiger partial charge in [-0.2, -0.15) is 0 Å². The van der Waals surface area contributed by atoms with Crippen LogP contribution in [0, 0.1) is 0 Å². The number of aromatic carboxylic acids is 1. The maximum Gasteiger partial charge on any atom is 0.337 e. The summed E-state index contributed by atoms with van der Waals surface area (Å²) in [5.41, 5.74) is 7.45. The fourth-order valence-corrected chi connectivity index (χ4v) is 1.98. The minimum atomic E-state index is -1.02. The molecular weight excluding hydrogens is 260 g/mol. The molecule has 102 valence electrons. The third-order valence-corrected chi connectivity index (χ3v) is 2.93. The normalized spacial score (nSPS) is 12.2. The van der Waals surface area contributed by atoms with Crippen molar-refractivity contribution in [1.29, 1.82) is 0 Å². The van der Waals surface area contributed by atoms with E-state index in [1.165, 1.54) is 6.07 Å². The Balaban J connectivity index is 1.95. The molecule has 2 aromatic rings. The Kier molecular flexibility index (Phi) is 2.83. The highest BCUT2D eigenvalue weighted by atomic mass is 16.7. The van der Waals surface area contributed by atoms with Gasteiger partial charge in [-0.25, -0.2) is 4.79 Å². The predicted octanol–water partition coefficient (Wildman–Crippen LogP) is 2.44. The minimum Gasteiger partial charge on any atom is -0.478 e. The zero-order chi connectivity index (χ0) is 14.1. The van der Waals surface area contributed by atoms with Crippen molar-refractivity contribution in [3.8, 4) is 11.5 Å². The van der Waals surface area contributed by atoms with Crippen molar-refractivity contribution in [3.63, 3.8) is 0 Å². The van der Waals surface area contributed by atoms with E-state index in [4.69, 9.17) is 20.3 Å². The first-order valence-corrected chi connectivity index (χ1v) is 5.93. The van der Waals surface area contributed by atoms with Gasteiger partial charge in [-0.3, -0.25) is 0 Å². The molecule has 0 radical (unpaired) electrons. The summed E-state index contributed by atoms with van der Waals surface area (Å²) in [5, 5.41) is 12.2. The molecule has 0 amide bonds. The van der Waals surface area contributed by atoms with Crippen LogP contribution in [0.1, 0.15) is 10.4 Å². The molecule has 0 bridgehead atoms. The molecule has 1 heterocycles. The number of carboxylic acids is 1. The molecule has 3 rings (SSSR count). The van der Waals surface area contributed by atoms with Gasteiger partial charge in [0.1, 0.15) is 0 Å². The van der Waals surface area contributed by atoms with Gasteiger partial charge in [0.05, 0.1) is 11.3 Å². The van der Waals surface area contributed by atoms with Crippen LogP contribution in [0.4, 0.5) is 17.1 Å². The van der Waals surface area contributed by atoms with Crippen LogP contribution in [0.5, 0.6) is 11.5 Å². The van der Waals surface area contributed by atoms with Crippen LogP contribution >= 0.6 is 0 Å². The van der Waals surface area contributed by atoms with E-state index in [1.54, 1.807) is 30.3 Å². The van der Waals surface area contributed by atoms with Crippen molar-refractivity contribution >= 4 is 23.0 Å². The van der Waals surface area contributed by atoms with Crippen LogP contribution in [-0.4, -0.2) is 17.9 Å². The third-order valence-electron chi connectivity index (χ3n) is 2.93. The Morgan fingerprint density at radius 1 is 1.15 bits per heavy atom. The van der Waals surface area contributed by atoms with Crippen LogP contribution in [0.25, 0.3) is 0 Å². The van der Waals surface area contributed by atoms with Crippen LogP contribution < -0.4 is 20.5 Å². The molecule has 6 heteroatoms. The number of carbonyl (C=O) groups is 1. The summed E-state index contributed by atoms with van der Waals surface area (Å²) in [4.78, 5) is 11.2. The SMILES string of the molecule is Nc1ccc(C(=O)O)c(Nc2ccc3c(c2)OCO3)c1. The monoisotopic (exact) mass is 272 g/mol. The molecule has 0 aliphatic carbocycles. The number of anilines is 3. The van der Waals surface area contributed by atoms with Crippen molar-refractivity contribution in [2.24, 2.45) is 0 Å². The largest absolute Gasteiger partial charge is 0.478 e. The Labute approximate surface area is 114 Å². The number of rotatable bonds is 3. The lowest BCUT2D eigenvalue weighted by Gasteiger charge is -2.11. The van der Waals surface area contributed by atoms with Crippen molar-refractivity contribution in [2.75, 3.05) is 17.8 Å². The molecule has 0 saturated heterocycles. The van der Waals surface area contributed by atoms with Gasteiger partial charge >= 0.3 is 5.97 Å². The summed E-state index contributed by atoms with van der Waals surface area (Å²) < 4.78 is 10.5. The lowest BCUT2D eigenvalue weighted by atomic mass is 10.1. The Bertz CT molecular complexity index is 685. The van der Waals surface area contributed by atoms with E-state index in [0.29, 0.717) is 28.6 Å². The second-order valence-corrected chi connectivity index (χ2v) is 4.30. The van der Waals surface area contributed by atoms with E-state index >= 15 is 0 Å². The lowest BCUT2D eigenvalue weighted by molar-refractivity contribution is 0.0698. The molecule has 20 heavy (non-hydrogen) atoms. The van der Waals surface area contributed by atoms with Gasteiger partial charge in [0.25, 0.3) is 0 Å². The summed E-state index contributed by atoms with van der Waals surface area (Å²) in [6.07, 6.45) is 0. The van der Waals surface area contributed by atoms with Crippen LogP contribution in [0.2, 0.25) is 0 Å². The van der Waals surface area contributed by atoms with Gasteiger partial charge in [-0.05, 0) is 30.3 Å². The summed E-state index contributed by atoms with van der Waals surface area (Å²) in [6, 6.07) is 9.88. The highest BCUT2D eigenvalue weighted by Gasteiger charge is 2.15. The molecule has 0 saturated carbocycles. The molecule has 4 N–H and O–H groups in total. The molecule has 1 aliphatic rings. The molecular formula is C14H12N2O4. The van der Waals surface area contributed by atoms with Gasteiger partial charge in [-0.1, -0.05) is 0 Å². The van der Waals surface area contributed by atoms with E-state index in [1.807, 2.05) is 0 Å². The second-order valence-electron chi connectivity index (χ2n) is 4.30. The molecule has 0 aromatic heterocycles. The fourth-order valence-electron chi connectivity index (χ4n) is 1.98. The Morgan fingerprint density at radius 2 is 1.95 bits per heavy atom. The molecule has 0 atom stereocenters. The summed E-state index contributed by atoms with van der Waals surface area (Å²) in [7, 11) is 0. The number of ether oxygens (including phenoxy) is 2. The molecule has 6 nitrogen and oxygen atoms in total. The predicted molar refractivity (Wildman–Crippen MR) is 73.7 cm³/mol. The number of nitrogens with two attached hydrogens (primary N) is 1. The van der Waals surface area contributed by atoms with Crippen molar-refractivity contribution in [2.45, 2.75) is 0 Å². The summed E-state index contributed by atoms with van der Waals surface area (Å²) in [5.74, 6) is 0.269. The standard InChI is InChI=1S/C14H12N2O4/c15-8-1-3-10(14(17)18)11(5-8)16-9-2-4-12-13(6-9)20-7-19-12/h1-6,16H,7,15H2,(H,17,18). The first-order valence-electron chi connectivity index (χ1n) is 5.93. The van der Waals surface area contributed by atoms with Crippen molar-refractivity contribution in [1.82, 2.24) is 0 Å². The third kappa shape index (κ3) is 2.18. The van der Waals surface area contributed by atoms with Crippen molar-refractivity contribution in [3.05, 3.63) is 42.0 Å². The first kappa shape index (κ1) is 12.2. The van der Waals surface area contributed by atoms with Crippen molar-refractivity contribution < 1.29 is 19.4 Å². The quantitative estimate of drug-likeness (QED) is 0.743. The average molecular weight is 272 g/mol. The van der Waals surface area contributed by atoms with Gasteiger partial charge < -0.3 is 25.6 Å². The average Bonchev–Trinajstić information content (AvgIpc) is 2.85. The molecule has 1 aliphatic heterocycles. The maximum atomic E-state index is 11.2. The maximum absolute atomic E-state index is 11.2. The van der Waals surface area contributed by atoms with E-state index < -0.39 is 5.97 Å². The Hall–Kier alpha value is -2.89. The number of hydrogen-bond donors (Lipinski definition) is 3. The zero-order valence-corrected chi connectivity index (χ0v) is 10.4. The highest BCUT2D eigenvalue weighted by molar-refractivity contribution is 5.96. The summed E-state index contributed by atoms with van der Waals surface area (Å²) in [6.45, 7) is 0.192. The number of fused-ring (bicyclic) bond motifs is 1. The molecule has 0 unspecified atom stereocenters. The number of benzene rings is 2. The zero-order valence-electron chi connectivity index (χ0n) is 10.4. The topological polar surface area (TPSA) is 93.8 Å². The molecule has 0 spiro atoms. The Morgan fingerprint density at radius 3 is 2.75 bits per heavy atom.